The number of imidazole rings is 1. The number of carbonyl (C=O) groups is 3. The monoisotopic (exact) mass is 446 g/mol. The molecule has 0 radical (unpaired) electrons. The van der Waals surface area contributed by atoms with Crippen molar-refractivity contribution in [3.8, 4) is 0 Å². The fourth-order valence-electron chi connectivity index (χ4n) is 4.85. The summed E-state index contributed by atoms with van der Waals surface area (Å²) in [5.74, 6) is -0.647. The number of nitrogens with zero attached hydrogens (tertiary/aromatic N) is 3. The molecule has 1 aromatic carbocycles. The molecule has 3 atom stereocenters. The molecule has 170 valence electrons. The van der Waals surface area contributed by atoms with E-state index in [2.05, 4.69) is 20.9 Å². The van der Waals surface area contributed by atoms with Gasteiger partial charge in [0, 0.05) is 30.9 Å². The van der Waals surface area contributed by atoms with E-state index in [0.29, 0.717) is 36.4 Å². The quantitative estimate of drug-likeness (QED) is 0.556. The maximum atomic E-state index is 13.4. The van der Waals surface area contributed by atoms with Crippen LogP contribution in [0.15, 0.2) is 48.9 Å². The highest BCUT2D eigenvalue weighted by atomic mass is 16.2. The number of likely N-dealkylation sites (tertiary alicyclic amines) is 1. The van der Waals surface area contributed by atoms with Gasteiger partial charge in [-0.1, -0.05) is 25.1 Å². The van der Waals surface area contributed by atoms with Gasteiger partial charge in [-0.2, -0.15) is 0 Å². The number of amides is 3. The van der Waals surface area contributed by atoms with Crippen molar-refractivity contribution in [1.82, 2.24) is 19.6 Å². The summed E-state index contributed by atoms with van der Waals surface area (Å²) in [4.78, 5) is 44.4. The van der Waals surface area contributed by atoms with Gasteiger partial charge in [0.15, 0.2) is 5.69 Å². The predicted molar refractivity (Wildman–Crippen MR) is 124 cm³/mol. The highest BCUT2D eigenvalue weighted by Gasteiger charge is 2.44. The Morgan fingerprint density at radius 2 is 1.97 bits per heavy atom. The van der Waals surface area contributed by atoms with Crippen molar-refractivity contribution in [1.29, 1.82) is 0 Å². The molecule has 2 aliphatic rings. The number of aromatic nitrogens is 2. The van der Waals surface area contributed by atoms with Crippen molar-refractivity contribution in [3.63, 3.8) is 0 Å². The SMILES string of the molecule is CCC(NC)C(=O)Nc1ccc2c(C(=O)N3C[C@@H]4C(=O)Nc5ccccc5[C@H]4C3)ncn2c1. The van der Waals surface area contributed by atoms with Crippen LogP contribution in [0.2, 0.25) is 0 Å². The van der Waals surface area contributed by atoms with Crippen LogP contribution in [0.3, 0.4) is 0 Å². The number of para-hydroxylation sites is 1. The number of pyridine rings is 1. The molecule has 0 aliphatic carbocycles. The third-order valence-electron chi connectivity index (χ3n) is 6.64. The molecule has 1 unspecified atom stereocenters. The Balaban J connectivity index is 1.36. The first-order chi connectivity index (χ1) is 16.0. The Labute approximate surface area is 191 Å². The summed E-state index contributed by atoms with van der Waals surface area (Å²) in [5, 5.41) is 8.83. The standard InChI is InChI=1S/C24H26N6O3/c1-3-18(25-2)23(32)27-14-8-9-20-21(26-13-30(20)10-14)24(33)29-11-16-15-6-4-5-7-19(15)28-22(31)17(16)12-29/h4-10,13,16-18,25H,3,11-12H2,1-2H3,(H,27,32)(H,28,31)/t16-,17+,18?/m1/s1. The summed E-state index contributed by atoms with van der Waals surface area (Å²) in [5.41, 5.74) is 3.50. The van der Waals surface area contributed by atoms with E-state index in [1.165, 1.54) is 0 Å². The number of rotatable bonds is 5. The fourth-order valence-corrected chi connectivity index (χ4v) is 4.85. The number of nitrogens with one attached hydrogen (secondary N) is 3. The van der Waals surface area contributed by atoms with Crippen LogP contribution in [0.5, 0.6) is 0 Å². The molecule has 5 rings (SSSR count). The van der Waals surface area contributed by atoms with Gasteiger partial charge in [-0.15, -0.1) is 0 Å². The minimum absolute atomic E-state index is 0.0201. The van der Waals surface area contributed by atoms with Crippen molar-refractivity contribution in [2.75, 3.05) is 30.8 Å². The number of hydrogen-bond acceptors (Lipinski definition) is 5. The molecule has 9 heteroatoms. The van der Waals surface area contributed by atoms with Crippen molar-refractivity contribution in [3.05, 3.63) is 60.2 Å². The minimum atomic E-state index is -0.276. The number of carbonyl (C=O) groups excluding carboxylic acids is 3. The third-order valence-corrected chi connectivity index (χ3v) is 6.64. The minimum Gasteiger partial charge on any atom is -0.336 e. The van der Waals surface area contributed by atoms with Crippen molar-refractivity contribution < 1.29 is 14.4 Å². The first kappa shape index (κ1) is 21.1. The fraction of sp³-hybridized carbons (Fsp3) is 0.333. The second kappa shape index (κ2) is 8.32. The van der Waals surface area contributed by atoms with E-state index < -0.39 is 0 Å². The Kier molecular flexibility index (Phi) is 5.33. The number of fused-ring (bicyclic) bond motifs is 4. The van der Waals surface area contributed by atoms with E-state index >= 15 is 0 Å². The normalized spacial score (nSPS) is 20.2. The average molecular weight is 447 g/mol. The maximum absolute atomic E-state index is 13.4. The summed E-state index contributed by atoms with van der Waals surface area (Å²) in [7, 11) is 1.75. The second-order valence-electron chi connectivity index (χ2n) is 8.54. The van der Waals surface area contributed by atoms with Crippen LogP contribution < -0.4 is 16.0 Å². The van der Waals surface area contributed by atoms with E-state index in [-0.39, 0.29) is 35.6 Å². The van der Waals surface area contributed by atoms with Gasteiger partial charge >= 0.3 is 0 Å². The lowest BCUT2D eigenvalue weighted by molar-refractivity contribution is -0.120. The van der Waals surface area contributed by atoms with Crippen LogP contribution in [0.1, 0.15) is 35.3 Å². The number of hydrogen-bond donors (Lipinski definition) is 3. The molecular formula is C24H26N6O3. The van der Waals surface area contributed by atoms with Gasteiger partial charge in [0.2, 0.25) is 11.8 Å². The summed E-state index contributed by atoms with van der Waals surface area (Å²) < 4.78 is 1.73. The number of anilines is 2. The van der Waals surface area contributed by atoms with Gasteiger partial charge in [-0.05, 0) is 37.2 Å². The van der Waals surface area contributed by atoms with E-state index in [1.54, 1.807) is 41.0 Å². The Bertz CT molecular complexity index is 1250. The molecule has 3 aromatic rings. The summed E-state index contributed by atoms with van der Waals surface area (Å²) >= 11 is 0. The lowest BCUT2D eigenvalue weighted by Gasteiger charge is -2.26. The van der Waals surface area contributed by atoms with Crippen molar-refractivity contribution in [2.45, 2.75) is 25.3 Å². The largest absolute Gasteiger partial charge is 0.336 e. The van der Waals surface area contributed by atoms with Crippen LogP contribution in [0.25, 0.3) is 5.52 Å². The average Bonchev–Trinajstić information content (AvgIpc) is 3.45. The second-order valence-corrected chi connectivity index (χ2v) is 8.54. The molecule has 4 heterocycles. The molecule has 0 spiro atoms. The molecule has 3 amide bonds. The van der Waals surface area contributed by atoms with Gasteiger partial charge in [0.1, 0.15) is 6.33 Å². The van der Waals surface area contributed by atoms with E-state index in [9.17, 15) is 14.4 Å². The Hall–Kier alpha value is -3.72. The van der Waals surface area contributed by atoms with Crippen LogP contribution in [0, 0.1) is 5.92 Å². The number of benzene rings is 1. The molecule has 33 heavy (non-hydrogen) atoms. The molecule has 0 bridgehead atoms. The van der Waals surface area contributed by atoms with Crippen LogP contribution in [0.4, 0.5) is 11.4 Å². The van der Waals surface area contributed by atoms with Gasteiger partial charge in [0.05, 0.1) is 23.2 Å². The zero-order chi connectivity index (χ0) is 23.1. The first-order valence-electron chi connectivity index (χ1n) is 11.1. The summed E-state index contributed by atoms with van der Waals surface area (Å²) in [6.07, 6.45) is 3.99. The molecule has 9 nitrogen and oxygen atoms in total. The van der Waals surface area contributed by atoms with Crippen molar-refractivity contribution >= 4 is 34.6 Å². The van der Waals surface area contributed by atoms with Crippen molar-refractivity contribution in [2.24, 2.45) is 5.92 Å². The summed E-state index contributed by atoms with van der Waals surface area (Å²) in [6.45, 7) is 2.77. The predicted octanol–water partition coefficient (Wildman–Crippen LogP) is 2.08. The molecule has 0 saturated carbocycles. The van der Waals surface area contributed by atoms with Gasteiger partial charge < -0.3 is 25.3 Å². The van der Waals surface area contributed by atoms with Gasteiger partial charge in [-0.3, -0.25) is 14.4 Å². The Morgan fingerprint density at radius 3 is 2.76 bits per heavy atom. The smallest absolute Gasteiger partial charge is 0.274 e. The number of likely N-dealkylation sites (N-methyl/N-ethyl adjacent to an activating group) is 1. The molecule has 2 aliphatic heterocycles. The molecule has 1 saturated heterocycles. The lowest BCUT2D eigenvalue weighted by Crippen LogP contribution is -2.37. The van der Waals surface area contributed by atoms with Crippen LogP contribution in [-0.4, -0.2) is 58.2 Å². The lowest BCUT2D eigenvalue weighted by atomic mass is 9.84. The summed E-state index contributed by atoms with van der Waals surface area (Å²) in [6, 6.07) is 11.0. The Morgan fingerprint density at radius 1 is 1.18 bits per heavy atom. The highest BCUT2D eigenvalue weighted by Crippen LogP contribution is 2.41. The molecule has 1 fully saturated rings. The van der Waals surface area contributed by atoms with E-state index in [1.807, 2.05) is 31.2 Å². The topological polar surface area (TPSA) is 108 Å². The zero-order valence-electron chi connectivity index (χ0n) is 18.5. The van der Waals surface area contributed by atoms with E-state index in [0.717, 1.165) is 11.3 Å². The first-order valence-corrected chi connectivity index (χ1v) is 11.1. The highest BCUT2D eigenvalue weighted by molar-refractivity contribution is 6.02. The van der Waals surface area contributed by atoms with Crippen LogP contribution >= 0.6 is 0 Å². The molecular weight excluding hydrogens is 420 g/mol. The molecule has 3 N–H and O–H groups in total. The molecule has 2 aromatic heterocycles. The van der Waals surface area contributed by atoms with Gasteiger partial charge in [-0.25, -0.2) is 4.98 Å². The maximum Gasteiger partial charge on any atom is 0.274 e. The van der Waals surface area contributed by atoms with E-state index in [4.69, 9.17) is 0 Å². The zero-order valence-corrected chi connectivity index (χ0v) is 18.5. The van der Waals surface area contributed by atoms with Crippen LogP contribution in [-0.2, 0) is 9.59 Å². The van der Waals surface area contributed by atoms with Gasteiger partial charge in [0.25, 0.3) is 5.91 Å². The third kappa shape index (κ3) is 3.64.